The number of nitrogens with one attached hydrogen (secondary N) is 2. The van der Waals surface area contributed by atoms with E-state index in [9.17, 15) is 9.59 Å². The SMILES string of the molecule is CCOc1ccccc1C(=O)NCC(=O)NCC(C)(C)c1ccccc1. The quantitative estimate of drug-likeness (QED) is 0.766. The van der Waals surface area contributed by atoms with Crippen LogP contribution in [-0.4, -0.2) is 31.5 Å². The maximum absolute atomic E-state index is 12.3. The van der Waals surface area contributed by atoms with E-state index in [4.69, 9.17) is 4.74 Å². The second-order valence-corrected chi connectivity index (χ2v) is 6.64. The van der Waals surface area contributed by atoms with Crippen molar-refractivity contribution in [2.45, 2.75) is 26.2 Å². The van der Waals surface area contributed by atoms with Gasteiger partial charge in [-0.25, -0.2) is 0 Å². The fourth-order valence-corrected chi connectivity index (χ4v) is 2.56. The standard InChI is InChI=1S/C21H26N2O3/c1-4-26-18-13-9-8-12-17(18)20(25)22-14-19(24)23-15-21(2,3)16-10-6-5-7-11-16/h5-13H,4,14-15H2,1-3H3,(H,22,25)(H,23,24). The highest BCUT2D eigenvalue weighted by Crippen LogP contribution is 2.21. The number of carbonyl (C=O) groups excluding carboxylic acids is 2. The summed E-state index contributed by atoms with van der Waals surface area (Å²) in [5.74, 6) is -0.0408. The molecular formula is C21H26N2O3. The summed E-state index contributed by atoms with van der Waals surface area (Å²) in [7, 11) is 0. The average molecular weight is 354 g/mol. The highest BCUT2D eigenvalue weighted by molar-refractivity contribution is 5.98. The van der Waals surface area contributed by atoms with Gasteiger partial charge in [0.05, 0.1) is 18.7 Å². The maximum Gasteiger partial charge on any atom is 0.255 e. The van der Waals surface area contributed by atoms with Gasteiger partial charge in [0.2, 0.25) is 5.91 Å². The number of benzene rings is 2. The van der Waals surface area contributed by atoms with Gasteiger partial charge in [0.15, 0.2) is 0 Å². The predicted octanol–water partition coefficient (Wildman–Crippen LogP) is 2.91. The molecule has 0 unspecified atom stereocenters. The van der Waals surface area contributed by atoms with Gasteiger partial charge in [0.1, 0.15) is 5.75 Å². The van der Waals surface area contributed by atoms with Crippen LogP contribution >= 0.6 is 0 Å². The summed E-state index contributed by atoms with van der Waals surface area (Å²) < 4.78 is 5.44. The van der Waals surface area contributed by atoms with Crippen molar-refractivity contribution in [2.75, 3.05) is 19.7 Å². The van der Waals surface area contributed by atoms with Crippen molar-refractivity contribution in [3.8, 4) is 5.75 Å². The first-order valence-electron chi connectivity index (χ1n) is 8.76. The second-order valence-electron chi connectivity index (χ2n) is 6.64. The molecule has 0 aliphatic heterocycles. The smallest absolute Gasteiger partial charge is 0.255 e. The topological polar surface area (TPSA) is 67.4 Å². The number of para-hydroxylation sites is 1. The molecule has 2 rings (SSSR count). The molecule has 0 aliphatic rings. The molecule has 0 aromatic heterocycles. The van der Waals surface area contributed by atoms with E-state index in [-0.39, 0.29) is 23.8 Å². The first-order chi connectivity index (χ1) is 12.4. The molecule has 26 heavy (non-hydrogen) atoms. The van der Waals surface area contributed by atoms with Gasteiger partial charge >= 0.3 is 0 Å². The minimum absolute atomic E-state index is 0.0792. The van der Waals surface area contributed by atoms with Crippen LogP contribution in [0.15, 0.2) is 54.6 Å². The number of rotatable bonds is 8. The first-order valence-corrected chi connectivity index (χ1v) is 8.76. The lowest BCUT2D eigenvalue weighted by Gasteiger charge is -2.25. The lowest BCUT2D eigenvalue weighted by atomic mass is 9.84. The van der Waals surface area contributed by atoms with E-state index < -0.39 is 0 Å². The Morgan fingerprint density at radius 2 is 1.62 bits per heavy atom. The van der Waals surface area contributed by atoms with Crippen LogP contribution in [0.2, 0.25) is 0 Å². The molecule has 2 aromatic carbocycles. The van der Waals surface area contributed by atoms with Crippen LogP contribution in [0.4, 0.5) is 0 Å². The molecule has 0 saturated carbocycles. The summed E-state index contributed by atoms with van der Waals surface area (Å²) in [5, 5.41) is 5.53. The molecule has 0 atom stereocenters. The molecule has 2 amide bonds. The van der Waals surface area contributed by atoms with Crippen molar-refractivity contribution in [2.24, 2.45) is 0 Å². The van der Waals surface area contributed by atoms with Gasteiger partial charge in [-0.1, -0.05) is 56.3 Å². The molecule has 2 aromatic rings. The fourth-order valence-electron chi connectivity index (χ4n) is 2.56. The maximum atomic E-state index is 12.3. The number of amides is 2. The summed E-state index contributed by atoms with van der Waals surface area (Å²) >= 11 is 0. The Kier molecular flexibility index (Phi) is 6.78. The van der Waals surface area contributed by atoms with Crippen LogP contribution in [0, 0.1) is 0 Å². The van der Waals surface area contributed by atoms with Gasteiger partial charge in [-0.2, -0.15) is 0 Å². The summed E-state index contributed by atoms with van der Waals surface area (Å²) in [5.41, 5.74) is 1.38. The largest absolute Gasteiger partial charge is 0.493 e. The average Bonchev–Trinajstić information content (AvgIpc) is 2.66. The van der Waals surface area contributed by atoms with E-state index in [0.717, 1.165) is 5.56 Å². The Morgan fingerprint density at radius 3 is 2.31 bits per heavy atom. The molecule has 5 nitrogen and oxygen atoms in total. The summed E-state index contributed by atoms with van der Waals surface area (Å²) in [6, 6.07) is 17.0. The van der Waals surface area contributed by atoms with Crippen LogP contribution in [0.1, 0.15) is 36.7 Å². The fraction of sp³-hybridized carbons (Fsp3) is 0.333. The van der Waals surface area contributed by atoms with Gasteiger partial charge in [-0.15, -0.1) is 0 Å². The lowest BCUT2D eigenvalue weighted by Crippen LogP contribution is -2.42. The third kappa shape index (κ3) is 5.34. The molecule has 2 N–H and O–H groups in total. The molecule has 0 heterocycles. The zero-order chi connectivity index (χ0) is 19.0. The first kappa shape index (κ1) is 19.5. The van der Waals surface area contributed by atoms with Gasteiger partial charge in [-0.05, 0) is 24.6 Å². The molecule has 0 fully saturated rings. The van der Waals surface area contributed by atoms with Crippen molar-refractivity contribution < 1.29 is 14.3 Å². The molecule has 5 heteroatoms. The second kappa shape index (κ2) is 9.04. The van der Waals surface area contributed by atoms with Gasteiger partial charge in [0.25, 0.3) is 5.91 Å². The number of carbonyl (C=O) groups is 2. The third-order valence-corrected chi connectivity index (χ3v) is 4.12. The Hall–Kier alpha value is -2.82. The summed E-state index contributed by atoms with van der Waals surface area (Å²) in [4.78, 5) is 24.4. The Bertz CT molecular complexity index is 742. The van der Waals surface area contributed by atoms with Gasteiger partial charge in [-0.3, -0.25) is 9.59 Å². The van der Waals surface area contributed by atoms with Gasteiger partial charge < -0.3 is 15.4 Å². The van der Waals surface area contributed by atoms with E-state index in [1.807, 2.05) is 37.3 Å². The molecule has 0 spiro atoms. The van der Waals surface area contributed by atoms with Crippen molar-refractivity contribution in [3.05, 3.63) is 65.7 Å². The third-order valence-electron chi connectivity index (χ3n) is 4.12. The lowest BCUT2D eigenvalue weighted by molar-refractivity contribution is -0.120. The molecular weight excluding hydrogens is 328 g/mol. The van der Waals surface area contributed by atoms with Crippen LogP contribution in [-0.2, 0) is 10.2 Å². The predicted molar refractivity (Wildman–Crippen MR) is 102 cm³/mol. The Morgan fingerprint density at radius 1 is 0.962 bits per heavy atom. The van der Waals surface area contributed by atoms with Crippen molar-refractivity contribution in [3.63, 3.8) is 0 Å². The van der Waals surface area contributed by atoms with Crippen molar-refractivity contribution >= 4 is 11.8 Å². The van der Waals surface area contributed by atoms with Gasteiger partial charge in [0, 0.05) is 12.0 Å². The molecule has 0 aliphatic carbocycles. The highest BCUT2D eigenvalue weighted by Gasteiger charge is 2.21. The molecule has 0 saturated heterocycles. The van der Waals surface area contributed by atoms with E-state index >= 15 is 0 Å². The minimum atomic E-state index is -0.327. The number of ether oxygens (including phenoxy) is 1. The van der Waals surface area contributed by atoms with Crippen LogP contribution < -0.4 is 15.4 Å². The molecule has 0 bridgehead atoms. The van der Waals surface area contributed by atoms with Crippen molar-refractivity contribution in [1.29, 1.82) is 0 Å². The van der Waals surface area contributed by atoms with Crippen LogP contribution in [0.25, 0.3) is 0 Å². The normalized spacial score (nSPS) is 10.9. The molecule has 138 valence electrons. The zero-order valence-corrected chi connectivity index (χ0v) is 15.5. The summed E-state index contributed by atoms with van der Waals surface area (Å²) in [6.45, 7) is 6.88. The minimum Gasteiger partial charge on any atom is -0.493 e. The van der Waals surface area contributed by atoms with E-state index in [2.05, 4.69) is 24.5 Å². The van der Waals surface area contributed by atoms with E-state index in [0.29, 0.717) is 24.5 Å². The number of hydrogen-bond acceptors (Lipinski definition) is 3. The Balaban J connectivity index is 1.86. The zero-order valence-electron chi connectivity index (χ0n) is 15.5. The number of hydrogen-bond donors (Lipinski definition) is 2. The Labute approximate surface area is 154 Å². The van der Waals surface area contributed by atoms with Crippen molar-refractivity contribution in [1.82, 2.24) is 10.6 Å². The molecule has 0 radical (unpaired) electrons. The highest BCUT2D eigenvalue weighted by atomic mass is 16.5. The van der Waals surface area contributed by atoms with E-state index in [1.54, 1.807) is 24.3 Å². The summed E-state index contributed by atoms with van der Waals surface area (Å²) in [6.07, 6.45) is 0. The van der Waals surface area contributed by atoms with Crippen LogP contribution in [0.5, 0.6) is 5.75 Å². The van der Waals surface area contributed by atoms with E-state index in [1.165, 1.54) is 0 Å². The van der Waals surface area contributed by atoms with Crippen LogP contribution in [0.3, 0.4) is 0 Å². The monoisotopic (exact) mass is 354 g/mol.